The second-order valence-corrected chi connectivity index (χ2v) is 3.07. The predicted octanol–water partition coefficient (Wildman–Crippen LogP) is 0.923. The first kappa shape index (κ1) is 9.55. The van der Waals surface area contributed by atoms with Crippen molar-refractivity contribution in [3.05, 3.63) is 29.3 Å². The fourth-order valence-electron chi connectivity index (χ4n) is 1.41. The lowest BCUT2D eigenvalue weighted by Gasteiger charge is -2.07. The van der Waals surface area contributed by atoms with E-state index in [4.69, 9.17) is 4.65 Å². The molecule has 1 aromatic rings. The van der Waals surface area contributed by atoms with Gasteiger partial charge >= 0.3 is 13.3 Å². The Morgan fingerprint density at radius 3 is 2.71 bits per heavy atom. The van der Waals surface area contributed by atoms with E-state index in [1.54, 1.807) is 0 Å². The van der Waals surface area contributed by atoms with Gasteiger partial charge in [0.05, 0.1) is 12.2 Å². The Morgan fingerprint density at radius 1 is 1.36 bits per heavy atom. The van der Waals surface area contributed by atoms with Crippen LogP contribution >= 0.6 is 0 Å². The van der Waals surface area contributed by atoms with Crippen LogP contribution in [0.2, 0.25) is 0 Å². The van der Waals surface area contributed by atoms with Crippen molar-refractivity contribution in [3.8, 4) is 0 Å². The minimum atomic E-state index is -4.34. The molecule has 2 rings (SSSR count). The van der Waals surface area contributed by atoms with Gasteiger partial charge in [-0.15, -0.1) is 0 Å². The SMILES string of the molecule is OB1OCc2cc(C(F)(F)F)ccc21. The van der Waals surface area contributed by atoms with Crippen molar-refractivity contribution in [2.75, 3.05) is 0 Å². The van der Waals surface area contributed by atoms with E-state index in [9.17, 15) is 18.2 Å². The van der Waals surface area contributed by atoms with Gasteiger partial charge < -0.3 is 9.68 Å². The molecule has 14 heavy (non-hydrogen) atoms. The van der Waals surface area contributed by atoms with Gasteiger partial charge in [0.2, 0.25) is 0 Å². The highest BCUT2D eigenvalue weighted by Crippen LogP contribution is 2.30. The quantitative estimate of drug-likeness (QED) is 0.634. The van der Waals surface area contributed by atoms with E-state index in [1.807, 2.05) is 0 Å². The number of rotatable bonds is 0. The van der Waals surface area contributed by atoms with Gasteiger partial charge in [0, 0.05) is 0 Å². The Morgan fingerprint density at radius 2 is 2.07 bits per heavy atom. The van der Waals surface area contributed by atoms with Crippen LogP contribution in [0.3, 0.4) is 0 Å². The molecule has 2 nitrogen and oxygen atoms in total. The van der Waals surface area contributed by atoms with Gasteiger partial charge in [-0.05, 0) is 17.1 Å². The van der Waals surface area contributed by atoms with Crippen LogP contribution in [0.4, 0.5) is 13.2 Å². The molecule has 0 spiro atoms. The summed E-state index contributed by atoms with van der Waals surface area (Å²) in [6.45, 7) is 0.0282. The van der Waals surface area contributed by atoms with E-state index in [1.165, 1.54) is 6.07 Å². The number of hydrogen-bond donors (Lipinski definition) is 1. The van der Waals surface area contributed by atoms with E-state index < -0.39 is 18.9 Å². The monoisotopic (exact) mass is 202 g/mol. The third-order valence-corrected chi connectivity index (χ3v) is 2.13. The molecule has 0 unspecified atom stereocenters. The zero-order chi connectivity index (χ0) is 10.3. The van der Waals surface area contributed by atoms with Crippen molar-refractivity contribution in [2.24, 2.45) is 0 Å². The largest absolute Gasteiger partial charge is 0.491 e. The van der Waals surface area contributed by atoms with Crippen molar-refractivity contribution in [1.29, 1.82) is 0 Å². The Hall–Kier alpha value is -1.01. The summed E-state index contributed by atoms with van der Waals surface area (Å²) in [7, 11) is -1.09. The fourth-order valence-corrected chi connectivity index (χ4v) is 1.41. The molecule has 1 aliphatic heterocycles. The molecule has 0 atom stereocenters. The van der Waals surface area contributed by atoms with Crippen molar-refractivity contribution in [1.82, 2.24) is 0 Å². The van der Waals surface area contributed by atoms with Gasteiger partial charge in [-0.2, -0.15) is 13.2 Å². The molecule has 0 saturated carbocycles. The molecule has 1 aliphatic rings. The maximum atomic E-state index is 12.3. The van der Waals surface area contributed by atoms with Crippen LogP contribution in [0.25, 0.3) is 0 Å². The molecule has 0 aliphatic carbocycles. The Balaban J connectivity index is 2.42. The molecule has 0 radical (unpaired) electrons. The average molecular weight is 202 g/mol. The Bertz CT molecular complexity index is 364. The summed E-state index contributed by atoms with van der Waals surface area (Å²) in [5.41, 5.74) is 0.0966. The lowest BCUT2D eigenvalue weighted by atomic mass is 9.79. The molecule has 1 N–H and O–H groups in total. The van der Waals surface area contributed by atoms with E-state index in [-0.39, 0.29) is 6.61 Å². The maximum Gasteiger partial charge on any atom is 0.491 e. The number of fused-ring (bicyclic) bond motifs is 1. The summed E-state index contributed by atoms with van der Waals surface area (Å²) in [6, 6.07) is 3.19. The van der Waals surface area contributed by atoms with Gasteiger partial charge in [0.15, 0.2) is 0 Å². The van der Waals surface area contributed by atoms with Crippen molar-refractivity contribution in [2.45, 2.75) is 12.8 Å². The fraction of sp³-hybridized carbons (Fsp3) is 0.250. The van der Waals surface area contributed by atoms with Crippen LogP contribution in [0.15, 0.2) is 18.2 Å². The highest BCUT2D eigenvalue weighted by atomic mass is 19.4. The first-order valence-corrected chi connectivity index (χ1v) is 3.98. The zero-order valence-electron chi connectivity index (χ0n) is 7.01. The van der Waals surface area contributed by atoms with Gasteiger partial charge in [-0.1, -0.05) is 12.1 Å². The zero-order valence-corrected chi connectivity index (χ0v) is 7.01. The van der Waals surface area contributed by atoms with Crippen molar-refractivity contribution < 1.29 is 22.8 Å². The standard InChI is InChI=1S/C8H6BF3O2/c10-8(11,12)6-1-2-7-5(3-6)4-14-9(7)13/h1-3,13H,4H2. The molecule has 0 saturated heterocycles. The molecule has 6 heteroatoms. The first-order chi connectivity index (χ1) is 6.48. The summed E-state index contributed by atoms with van der Waals surface area (Å²) in [5, 5.41) is 9.17. The van der Waals surface area contributed by atoms with E-state index in [0.29, 0.717) is 11.0 Å². The number of halogens is 3. The third kappa shape index (κ3) is 1.51. The highest BCUT2D eigenvalue weighted by molar-refractivity contribution is 6.61. The van der Waals surface area contributed by atoms with Crippen molar-refractivity contribution >= 4 is 12.6 Å². The first-order valence-electron chi connectivity index (χ1n) is 3.98. The van der Waals surface area contributed by atoms with Crippen LogP contribution < -0.4 is 5.46 Å². The van der Waals surface area contributed by atoms with E-state index in [2.05, 4.69) is 0 Å². The summed E-state index contributed by atoms with van der Waals surface area (Å²) >= 11 is 0. The molecule has 0 fully saturated rings. The predicted molar refractivity (Wildman–Crippen MR) is 43.8 cm³/mol. The van der Waals surface area contributed by atoms with Crippen LogP contribution in [0.5, 0.6) is 0 Å². The van der Waals surface area contributed by atoms with E-state index >= 15 is 0 Å². The van der Waals surface area contributed by atoms with Gasteiger partial charge in [-0.25, -0.2) is 0 Å². The Kier molecular flexibility index (Phi) is 2.04. The molecule has 0 amide bonds. The topological polar surface area (TPSA) is 29.5 Å². The maximum absolute atomic E-state index is 12.3. The van der Waals surface area contributed by atoms with Gasteiger partial charge in [0.1, 0.15) is 0 Å². The second-order valence-electron chi connectivity index (χ2n) is 3.07. The molecular weight excluding hydrogens is 196 g/mol. The highest BCUT2D eigenvalue weighted by Gasteiger charge is 2.34. The smallest absolute Gasteiger partial charge is 0.423 e. The minimum Gasteiger partial charge on any atom is -0.423 e. The minimum absolute atomic E-state index is 0.0282. The van der Waals surface area contributed by atoms with Crippen LogP contribution in [0.1, 0.15) is 11.1 Å². The normalized spacial score (nSPS) is 15.9. The molecule has 74 valence electrons. The van der Waals surface area contributed by atoms with Gasteiger partial charge in [0.25, 0.3) is 0 Å². The number of benzene rings is 1. The lowest BCUT2D eigenvalue weighted by molar-refractivity contribution is -0.137. The van der Waals surface area contributed by atoms with E-state index in [0.717, 1.165) is 12.1 Å². The van der Waals surface area contributed by atoms with Crippen LogP contribution in [0, 0.1) is 0 Å². The number of hydrogen-bond acceptors (Lipinski definition) is 2. The Labute approximate surface area is 78.5 Å². The lowest BCUT2D eigenvalue weighted by Crippen LogP contribution is -2.28. The number of alkyl halides is 3. The molecule has 0 aromatic heterocycles. The third-order valence-electron chi connectivity index (χ3n) is 2.13. The van der Waals surface area contributed by atoms with Crippen LogP contribution in [-0.4, -0.2) is 12.1 Å². The van der Waals surface area contributed by atoms with Crippen molar-refractivity contribution in [3.63, 3.8) is 0 Å². The summed E-state index contributed by atoms with van der Waals surface area (Å²) in [5.74, 6) is 0. The molecule has 1 aromatic carbocycles. The average Bonchev–Trinajstić information content (AvgIpc) is 2.46. The van der Waals surface area contributed by atoms with Gasteiger partial charge in [-0.3, -0.25) is 0 Å². The second kappa shape index (κ2) is 3.00. The van der Waals surface area contributed by atoms with Crippen LogP contribution in [-0.2, 0) is 17.4 Å². The molecule has 1 heterocycles. The summed E-state index contributed by atoms with van der Waals surface area (Å²) in [4.78, 5) is 0. The molecular formula is C8H6BF3O2. The molecule has 0 bridgehead atoms. The summed E-state index contributed by atoms with van der Waals surface area (Å²) < 4.78 is 41.5. The summed E-state index contributed by atoms with van der Waals surface area (Å²) in [6.07, 6.45) is -4.34.